The normalized spacial score (nSPS) is 11.3. The third-order valence-electron chi connectivity index (χ3n) is 4.56. The quantitative estimate of drug-likeness (QED) is 0.515. The number of nitrogens with zero attached hydrogens (tertiary/aromatic N) is 2. The van der Waals surface area contributed by atoms with Gasteiger partial charge >= 0.3 is 0 Å². The highest BCUT2D eigenvalue weighted by molar-refractivity contribution is 7.92. The summed E-state index contributed by atoms with van der Waals surface area (Å²) in [5.74, 6) is -0.361. The molecular formula is C21H23ClN4O3S. The maximum atomic E-state index is 12.9. The number of amides is 1. The fourth-order valence-electron chi connectivity index (χ4n) is 2.88. The summed E-state index contributed by atoms with van der Waals surface area (Å²) in [6.45, 7) is 4.86. The Morgan fingerprint density at radius 2 is 1.97 bits per heavy atom. The Kier molecular flexibility index (Phi) is 6.79. The van der Waals surface area contributed by atoms with Gasteiger partial charge in [0.15, 0.2) is 0 Å². The van der Waals surface area contributed by atoms with Gasteiger partial charge in [-0.1, -0.05) is 23.7 Å². The third kappa shape index (κ3) is 5.40. The molecule has 7 nitrogen and oxygen atoms in total. The number of benzene rings is 2. The first-order valence-electron chi connectivity index (χ1n) is 9.40. The standard InChI is InChI=1S/C21H23ClN4O3S/c1-15-4-5-16(2)19(12-15)25-30(28,29)20-13-17(6-7-18(20)22)21(27)24-8-3-10-26-11-9-23-14-26/h4-7,9,11-14,25H,3,8,10H2,1-2H3,(H,24,27). The van der Waals surface area contributed by atoms with Crippen molar-refractivity contribution in [1.82, 2.24) is 14.9 Å². The van der Waals surface area contributed by atoms with E-state index in [1.54, 1.807) is 18.6 Å². The van der Waals surface area contributed by atoms with Crippen molar-refractivity contribution >= 4 is 33.2 Å². The van der Waals surface area contributed by atoms with Crippen LogP contribution in [0.3, 0.4) is 0 Å². The molecule has 0 radical (unpaired) electrons. The van der Waals surface area contributed by atoms with Crippen LogP contribution in [0.5, 0.6) is 0 Å². The predicted molar refractivity (Wildman–Crippen MR) is 117 cm³/mol. The molecule has 1 aromatic heterocycles. The molecule has 0 bridgehead atoms. The zero-order chi connectivity index (χ0) is 21.7. The first-order valence-corrected chi connectivity index (χ1v) is 11.3. The van der Waals surface area contributed by atoms with Gasteiger partial charge in [-0.25, -0.2) is 13.4 Å². The van der Waals surface area contributed by atoms with Gasteiger partial charge < -0.3 is 9.88 Å². The van der Waals surface area contributed by atoms with Gasteiger partial charge in [0, 0.05) is 31.0 Å². The van der Waals surface area contributed by atoms with Crippen molar-refractivity contribution in [3.63, 3.8) is 0 Å². The molecule has 0 unspecified atom stereocenters. The fraction of sp³-hybridized carbons (Fsp3) is 0.238. The van der Waals surface area contributed by atoms with E-state index in [-0.39, 0.29) is 21.4 Å². The lowest BCUT2D eigenvalue weighted by atomic mass is 10.1. The van der Waals surface area contributed by atoms with Crippen LogP contribution in [0.1, 0.15) is 27.9 Å². The number of halogens is 1. The molecule has 0 atom stereocenters. The van der Waals surface area contributed by atoms with Crippen molar-refractivity contribution in [3.8, 4) is 0 Å². The van der Waals surface area contributed by atoms with E-state index in [1.165, 1.54) is 18.2 Å². The molecule has 0 fully saturated rings. The SMILES string of the molecule is Cc1ccc(C)c(NS(=O)(=O)c2cc(C(=O)NCCCn3ccnc3)ccc2Cl)c1. The molecule has 0 aliphatic heterocycles. The number of carbonyl (C=O) groups excluding carboxylic acids is 1. The van der Waals surface area contributed by atoms with E-state index in [0.717, 1.165) is 24.1 Å². The first-order chi connectivity index (χ1) is 14.3. The maximum absolute atomic E-state index is 12.9. The lowest BCUT2D eigenvalue weighted by molar-refractivity contribution is 0.0952. The number of aryl methyl sites for hydroxylation is 3. The molecule has 2 N–H and O–H groups in total. The van der Waals surface area contributed by atoms with Crippen LogP contribution in [0.4, 0.5) is 5.69 Å². The predicted octanol–water partition coefficient (Wildman–Crippen LogP) is 3.77. The van der Waals surface area contributed by atoms with Crippen molar-refractivity contribution in [2.75, 3.05) is 11.3 Å². The number of hydrogen-bond acceptors (Lipinski definition) is 4. The van der Waals surface area contributed by atoms with Crippen LogP contribution in [0.15, 0.2) is 60.0 Å². The zero-order valence-electron chi connectivity index (χ0n) is 16.7. The molecule has 158 valence electrons. The van der Waals surface area contributed by atoms with Gasteiger partial charge in [-0.3, -0.25) is 9.52 Å². The number of imidazole rings is 1. The van der Waals surface area contributed by atoms with Gasteiger partial charge in [0.05, 0.1) is 17.0 Å². The Bertz CT molecular complexity index is 1150. The van der Waals surface area contributed by atoms with E-state index in [2.05, 4.69) is 15.0 Å². The Morgan fingerprint density at radius 3 is 2.70 bits per heavy atom. The molecule has 3 rings (SSSR count). The van der Waals surface area contributed by atoms with Crippen molar-refractivity contribution in [2.24, 2.45) is 0 Å². The van der Waals surface area contributed by atoms with Crippen molar-refractivity contribution in [1.29, 1.82) is 0 Å². The summed E-state index contributed by atoms with van der Waals surface area (Å²) in [4.78, 5) is 16.3. The Morgan fingerprint density at radius 1 is 1.17 bits per heavy atom. The summed E-state index contributed by atoms with van der Waals surface area (Å²) in [5.41, 5.74) is 2.41. The minimum absolute atomic E-state index is 0.0458. The van der Waals surface area contributed by atoms with Crippen molar-refractivity contribution in [2.45, 2.75) is 31.7 Å². The van der Waals surface area contributed by atoms with Crippen molar-refractivity contribution in [3.05, 3.63) is 76.8 Å². The van der Waals surface area contributed by atoms with E-state index in [4.69, 9.17) is 11.6 Å². The van der Waals surface area contributed by atoms with E-state index in [1.807, 2.05) is 36.7 Å². The van der Waals surface area contributed by atoms with Crippen LogP contribution in [-0.2, 0) is 16.6 Å². The Labute approximate surface area is 181 Å². The largest absolute Gasteiger partial charge is 0.352 e. The second-order valence-corrected chi connectivity index (χ2v) is 9.04. The summed E-state index contributed by atoms with van der Waals surface area (Å²) in [5, 5.41) is 2.84. The fourth-order valence-corrected chi connectivity index (χ4v) is 4.53. The number of carbonyl (C=O) groups is 1. The van der Waals surface area contributed by atoms with Gasteiger partial charge in [0.1, 0.15) is 4.90 Å². The summed E-state index contributed by atoms with van der Waals surface area (Å²) in [6.07, 6.45) is 5.97. The van der Waals surface area contributed by atoms with Gasteiger partial charge in [-0.15, -0.1) is 0 Å². The lowest BCUT2D eigenvalue weighted by Crippen LogP contribution is -2.25. The van der Waals surface area contributed by atoms with Crippen LogP contribution >= 0.6 is 11.6 Å². The molecule has 0 aliphatic carbocycles. The zero-order valence-corrected chi connectivity index (χ0v) is 18.3. The Balaban J connectivity index is 1.71. The molecule has 9 heteroatoms. The average Bonchev–Trinajstić information content (AvgIpc) is 3.21. The number of aromatic nitrogens is 2. The molecule has 3 aromatic rings. The van der Waals surface area contributed by atoms with E-state index in [0.29, 0.717) is 12.2 Å². The average molecular weight is 447 g/mol. The molecule has 1 amide bonds. The second kappa shape index (κ2) is 9.32. The van der Waals surface area contributed by atoms with E-state index >= 15 is 0 Å². The molecule has 2 aromatic carbocycles. The van der Waals surface area contributed by atoms with Crippen LogP contribution in [0, 0.1) is 13.8 Å². The molecule has 0 aliphatic rings. The number of hydrogen-bond donors (Lipinski definition) is 2. The van der Waals surface area contributed by atoms with Gasteiger partial charge in [0.25, 0.3) is 15.9 Å². The number of sulfonamides is 1. The second-order valence-electron chi connectivity index (χ2n) is 6.98. The summed E-state index contributed by atoms with van der Waals surface area (Å²) >= 11 is 6.15. The molecular weight excluding hydrogens is 424 g/mol. The molecule has 0 saturated heterocycles. The van der Waals surface area contributed by atoms with Gasteiger partial charge in [-0.05, 0) is 55.7 Å². The van der Waals surface area contributed by atoms with Crippen LogP contribution in [0.25, 0.3) is 0 Å². The monoisotopic (exact) mass is 446 g/mol. The molecule has 1 heterocycles. The van der Waals surface area contributed by atoms with Crippen LogP contribution < -0.4 is 10.0 Å². The highest BCUT2D eigenvalue weighted by Crippen LogP contribution is 2.26. The third-order valence-corrected chi connectivity index (χ3v) is 6.41. The number of anilines is 1. The number of rotatable bonds is 8. The van der Waals surface area contributed by atoms with Gasteiger partial charge in [-0.2, -0.15) is 0 Å². The topological polar surface area (TPSA) is 93.1 Å². The highest BCUT2D eigenvalue weighted by Gasteiger charge is 2.21. The van der Waals surface area contributed by atoms with Crippen molar-refractivity contribution < 1.29 is 13.2 Å². The molecule has 30 heavy (non-hydrogen) atoms. The summed E-state index contributed by atoms with van der Waals surface area (Å²) < 4.78 is 30.3. The number of nitrogens with one attached hydrogen (secondary N) is 2. The first kappa shape index (κ1) is 21.9. The van der Waals surface area contributed by atoms with Crippen LogP contribution in [-0.4, -0.2) is 30.4 Å². The van der Waals surface area contributed by atoms with E-state index < -0.39 is 10.0 Å². The van der Waals surface area contributed by atoms with E-state index in [9.17, 15) is 13.2 Å². The van der Waals surface area contributed by atoms with Crippen LogP contribution in [0.2, 0.25) is 5.02 Å². The molecule has 0 saturated carbocycles. The molecule has 0 spiro atoms. The summed E-state index contributed by atoms with van der Waals surface area (Å²) in [6, 6.07) is 9.70. The summed E-state index contributed by atoms with van der Waals surface area (Å²) in [7, 11) is -3.97. The minimum atomic E-state index is -3.97. The highest BCUT2D eigenvalue weighted by atomic mass is 35.5. The lowest BCUT2D eigenvalue weighted by Gasteiger charge is -2.13. The smallest absolute Gasteiger partial charge is 0.263 e. The minimum Gasteiger partial charge on any atom is -0.352 e. The Hall–Kier alpha value is -2.84. The maximum Gasteiger partial charge on any atom is 0.263 e. The van der Waals surface area contributed by atoms with Gasteiger partial charge in [0.2, 0.25) is 0 Å².